The van der Waals surface area contributed by atoms with E-state index >= 15 is 0 Å². The standard InChI is InChI=1S/C22H16N4O2S/c1-15-19(17-5-3-2-4-6-17)20-21(29-15)24-14-26(22(20)27)25-13-16-7-9-18(10-8-16)28-12-11-23/h2-10,13-14H,12H2,1H3/b25-13-. The van der Waals surface area contributed by atoms with Crippen LogP contribution >= 0.6 is 11.3 Å². The van der Waals surface area contributed by atoms with Gasteiger partial charge in [-0.3, -0.25) is 4.79 Å². The first-order valence-corrected chi connectivity index (χ1v) is 9.69. The second-order valence-corrected chi connectivity index (χ2v) is 7.44. The fourth-order valence-electron chi connectivity index (χ4n) is 3.02. The molecule has 0 amide bonds. The van der Waals surface area contributed by atoms with Crippen molar-refractivity contribution in [3.05, 3.63) is 81.7 Å². The highest BCUT2D eigenvalue weighted by atomic mass is 32.1. The van der Waals surface area contributed by atoms with E-state index in [0.29, 0.717) is 16.0 Å². The van der Waals surface area contributed by atoms with Gasteiger partial charge in [0.2, 0.25) is 0 Å². The van der Waals surface area contributed by atoms with Crippen LogP contribution < -0.4 is 10.3 Å². The molecule has 2 heterocycles. The quantitative estimate of drug-likeness (QED) is 0.470. The first-order chi connectivity index (χ1) is 14.2. The van der Waals surface area contributed by atoms with Gasteiger partial charge in [0, 0.05) is 10.4 Å². The molecule has 0 bridgehead atoms. The van der Waals surface area contributed by atoms with Crippen molar-refractivity contribution in [2.75, 3.05) is 6.61 Å². The van der Waals surface area contributed by atoms with Crippen molar-refractivity contribution >= 4 is 27.8 Å². The number of fused-ring (bicyclic) bond motifs is 1. The third-order valence-electron chi connectivity index (χ3n) is 4.35. The number of ether oxygens (including phenoxy) is 1. The molecule has 0 N–H and O–H groups in total. The Morgan fingerprint density at radius 2 is 1.97 bits per heavy atom. The van der Waals surface area contributed by atoms with Crippen molar-refractivity contribution in [1.29, 1.82) is 5.26 Å². The van der Waals surface area contributed by atoms with Gasteiger partial charge in [0.1, 0.15) is 23.0 Å². The Morgan fingerprint density at radius 1 is 1.21 bits per heavy atom. The molecule has 0 saturated carbocycles. The van der Waals surface area contributed by atoms with Crippen LogP contribution in [0.15, 0.2) is 70.8 Å². The minimum Gasteiger partial charge on any atom is -0.479 e. The van der Waals surface area contributed by atoms with Gasteiger partial charge in [-0.2, -0.15) is 15.0 Å². The number of nitrogens with zero attached hydrogens (tertiary/aromatic N) is 4. The molecule has 2 aromatic heterocycles. The molecule has 0 spiro atoms. The Kier molecular flexibility index (Phi) is 5.18. The maximum absolute atomic E-state index is 13.1. The van der Waals surface area contributed by atoms with E-state index in [9.17, 15) is 4.79 Å². The van der Waals surface area contributed by atoms with Crippen LogP contribution in [0.2, 0.25) is 0 Å². The number of thiophene rings is 1. The van der Waals surface area contributed by atoms with Crippen molar-refractivity contribution in [1.82, 2.24) is 9.66 Å². The van der Waals surface area contributed by atoms with E-state index in [1.54, 1.807) is 30.5 Å². The van der Waals surface area contributed by atoms with Crippen LogP contribution in [0.4, 0.5) is 0 Å². The van der Waals surface area contributed by atoms with Gasteiger partial charge in [-0.1, -0.05) is 30.3 Å². The summed E-state index contributed by atoms with van der Waals surface area (Å²) in [5.74, 6) is 0.602. The number of rotatable bonds is 5. The molecular weight excluding hydrogens is 384 g/mol. The topological polar surface area (TPSA) is 80.3 Å². The Balaban J connectivity index is 1.70. The molecule has 2 aromatic carbocycles. The molecule has 0 aliphatic rings. The minimum atomic E-state index is -0.205. The van der Waals surface area contributed by atoms with E-state index in [2.05, 4.69) is 10.1 Å². The van der Waals surface area contributed by atoms with Gasteiger partial charge in [-0.05, 0) is 42.3 Å². The van der Waals surface area contributed by atoms with Crippen molar-refractivity contribution in [3.8, 4) is 22.9 Å². The average molecular weight is 400 g/mol. The normalized spacial score (nSPS) is 11.0. The summed E-state index contributed by atoms with van der Waals surface area (Å²) in [6.45, 7) is 2.00. The van der Waals surface area contributed by atoms with E-state index in [1.165, 1.54) is 22.3 Å². The van der Waals surface area contributed by atoms with Crippen LogP contribution in [0.25, 0.3) is 21.3 Å². The van der Waals surface area contributed by atoms with Crippen LogP contribution in [0, 0.1) is 18.3 Å². The predicted molar refractivity (Wildman–Crippen MR) is 115 cm³/mol. The SMILES string of the molecule is Cc1sc2ncn(/N=C\c3ccc(OCC#N)cc3)c(=O)c2c1-c1ccccc1. The van der Waals surface area contributed by atoms with E-state index in [-0.39, 0.29) is 12.2 Å². The van der Waals surface area contributed by atoms with Gasteiger partial charge < -0.3 is 4.74 Å². The van der Waals surface area contributed by atoms with E-state index < -0.39 is 0 Å². The lowest BCUT2D eigenvalue weighted by atomic mass is 10.0. The number of benzene rings is 2. The Bertz CT molecular complexity index is 1280. The zero-order chi connectivity index (χ0) is 20.2. The van der Waals surface area contributed by atoms with Crippen LogP contribution in [0.1, 0.15) is 10.4 Å². The summed E-state index contributed by atoms with van der Waals surface area (Å²) in [4.78, 5) is 19.3. The van der Waals surface area contributed by atoms with Crippen molar-refractivity contribution < 1.29 is 4.74 Å². The van der Waals surface area contributed by atoms with Gasteiger partial charge in [0.25, 0.3) is 5.56 Å². The zero-order valence-corrected chi connectivity index (χ0v) is 16.4. The maximum atomic E-state index is 13.1. The van der Waals surface area contributed by atoms with Crippen LogP contribution in [-0.4, -0.2) is 22.5 Å². The van der Waals surface area contributed by atoms with Gasteiger partial charge in [-0.15, -0.1) is 11.3 Å². The molecule has 142 valence electrons. The molecule has 0 radical (unpaired) electrons. The Hall–Kier alpha value is -3.76. The predicted octanol–water partition coefficient (Wildman–Crippen LogP) is 4.22. The molecule has 0 fully saturated rings. The smallest absolute Gasteiger partial charge is 0.283 e. The molecular formula is C22H16N4O2S. The molecule has 29 heavy (non-hydrogen) atoms. The van der Waals surface area contributed by atoms with Crippen LogP contribution in [-0.2, 0) is 0 Å². The summed E-state index contributed by atoms with van der Waals surface area (Å²) in [6, 6.07) is 18.9. The maximum Gasteiger partial charge on any atom is 0.283 e. The summed E-state index contributed by atoms with van der Waals surface area (Å²) >= 11 is 1.51. The summed E-state index contributed by atoms with van der Waals surface area (Å²) in [5.41, 5.74) is 2.49. The average Bonchev–Trinajstić information content (AvgIpc) is 3.10. The highest BCUT2D eigenvalue weighted by molar-refractivity contribution is 7.19. The highest BCUT2D eigenvalue weighted by Gasteiger charge is 2.16. The molecule has 0 aliphatic heterocycles. The lowest BCUT2D eigenvalue weighted by Crippen LogP contribution is -2.16. The molecule has 0 saturated heterocycles. The van der Waals surface area contributed by atoms with E-state index in [0.717, 1.165) is 21.6 Å². The number of nitriles is 1. The van der Waals surface area contributed by atoms with Gasteiger partial charge in [0.15, 0.2) is 6.61 Å². The number of hydrogen-bond acceptors (Lipinski definition) is 6. The van der Waals surface area contributed by atoms with Crippen molar-refractivity contribution in [3.63, 3.8) is 0 Å². The first-order valence-electron chi connectivity index (χ1n) is 8.87. The van der Waals surface area contributed by atoms with Crippen molar-refractivity contribution in [2.24, 2.45) is 5.10 Å². The molecule has 6 nitrogen and oxygen atoms in total. The molecule has 0 aliphatic carbocycles. The van der Waals surface area contributed by atoms with Gasteiger partial charge in [0.05, 0.1) is 11.6 Å². The Labute approximate surface area is 171 Å². The van der Waals surface area contributed by atoms with Crippen molar-refractivity contribution in [2.45, 2.75) is 6.92 Å². The lowest BCUT2D eigenvalue weighted by molar-refractivity contribution is 0.368. The lowest BCUT2D eigenvalue weighted by Gasteiger charge is -2.03. The fraction of sp³-hybridized carbons (Fsp3) is 0.0909. The number of aromatic nitrogens is 2. The number of hydrogen-bond donors (Lipinski definition) is 0. The van der Waals surface area contributed by atoms with Gasteiger partial charge in [-0.25, -0.2) is 4.98 Å². The van der Waals surface area contributed by atoms with Gasteiger partial charge >= 0.3 is 0 Å². The second kappa shape index (κ2) is 8.09. The van der Waals surface area contributed by atoms with Crippen LogP contribution in [0.3, 0.4) is 0 Å². The third-order valence-corrected chi connectivity index (χ3v) is 5.36. The monoisotopic (exact) mass is 400 g/mol. The molecule has 0 unspecified atom stereocenters. The molecule has 7 heteroatoms. The fourth-order valence-corrected chi connectivity index (χ4v) is 4.03. The number of aryl methyl sites for hydroxylation is 1. The zero-order valence-electron chi connectivity index (χ0n) is 15.6. The molecule has 4 rings (SSSR count). The summed E-state index contributed by atoms with van der Waals surface area (Å²) in [6.07, 6.45) is 3.03. The summed E-state index contributed by atoms with van der Waals surface area (Å²) in [7, 11) is 0. The van der Waals surface area contributed by atoms with E-state index in [1.807, 2.05) is 43.3 Å². The summed E-state index contributed by atoms with van der Waals surface area (Å²) < 4.78 is 6.48. The third kappa shape index (κ3) is 3.79. The second-order valence-electron chi connectivity index (χ2n) is 6.23. The largest absolute Gasteiger partial charge is 0.479 e. The highest BCUT2D eigenvalue weighted by Crippen LogP contribution is 2.35. The minimum absolute atomic E-state index is 0.00167. The molecule has 0 atom stereocenters. The first kappa shape index (κ1) is 18.6. The Morgan fingerprint density at radius 3 is 2.69 bits per heavy atom. The summed E-state index contributed by atoms with van der Waals surface area (Å²) in [5, 5.41) is 13.4. The van der Waals surface area contributed by atoms with Crippen LogP contribution in [0.5, 0.6) is 5.75 Å². The van der Waals surface area contributed by atoms with E-state index in [4.69, 9.17) is 10.00 Å². The molecule has 4 aromatic rings.